The molecule has 21 heavy (non-hydrogen) atoms. The average molecular weight is 342 g/mol. The van der Waals surface area contributed by atoms with E-state index in [1.165, 1.54) is 4.90 Å². The summed E-state index contributed by atoms with van der Waals surface area (Å²) < 4.78 is 5.19. The van der Waals surface area contributed by atoms with Crippen molar-refractivity contribution in [2.75, 3.05) is 20.4 Å². The Balaban J connectivity index is 2.43. The predicted molar refractivity (Wildman–Crippen MR) is 92.1 cm³/mol. The third kappa shape index (κ3) is 3.67. The largest absolute Gasteiger partial charge is 0.495 e. The van der Waals surface area contributed by atoms with E-state index >= 15 is 0 Å². The van der Waals surface area contributed by atoms with E-state index in [0.717, 1.165) is 11.1 Å². The molecule has 112 valence electrons. The maximum Gasteiger partial charge on any atom is 0.138 e. The molecule has 2 rings (SSSR count). The molecule has 0 aromatic heterocycles. The number of halogens is 2. The highest BCUT2D eigenvalue weighted by Crippen LogP contribution is 2.36. The standard InChI is InChI=1S/C16H17Cl2NOS/c1-19-16(10-4-6-11(21-3)7-5-10)12-8-14(18)15(20-2)9-13(12)17/h4-9,16,19H,1-3H3. The zero-order valence-corrected chi connectivity index (χ0v) is 14.4. The van der Waals surface area contributed by atoms with Gasteiger partial charge in [0.05, 0.1) is 18.2 Å². The van der Waals surface area contributed by atoms with Gasteiger partial charge in [0.25, 0.3) is 0 Å². The average Bonchev–Trinajstić information content (AvgIpc) is 2.51. The van der Waals surface area contributed by atoms with Gasteiger partial charge in [0.15, 0.2) is 0 Å². The van der Waals surface area contributed by atoms with Crippen molar-refractivity contribution in [2.24, 2.45) is 0 Å². The number of hydrogen-bond donors (Lipinski definition) is 1. The molecule has 2 aromatic carbocycles. The molecule has 0 spiro atoms. The summed E-state index contributed by atoms with van der Waals surface area (Å²) in [4.78, 5) is 1.23. The van der Waals surface area contributed by atoms with Crippen molar-refractivity contribution in [3.63, 3.8) is 0 Å². The highest BCUT2D eigenvalue weighted by molar-refractivity contribution is 7.98. The summed E-state index contributed by atoms with van der Waals surface area (Å²) in [6.45, 7) is 0. The third-order valence-corrected chi connectivity index (χ3v) is 4.69. The molecular formula is C16H17Cl2NOS. The van der Waals surface area contributed by atoms with Crippen LogP contribution in [0.4, 0.5) is 0 Å². The van der Waals surface area contributed by atoms with Crippen molar-refractivity contribution >= 4 is 35.0 Å². The van der Waals surface area contributed by atoms with E-state index in [1.54, 1.807) is 24.9 Å². The lowest BCUT2D eigenvalue weighted by atomic mass is 9.98. The van der Waals surface area contributed by atoms with Gasteiger partial charge < -0.3 is 10.1 Å². The molecule has 0 radical (unpaired) electrons. The van der Waals surface area contributed by atoms with Gasteiger partial charge in [-0.15, -0.1) is 11.8 Å². The second-order valence-electron chi connectivity index (χ2n) is 4.50. The first-order valence-electron chi connectivity index (χ1n) is 6.44. The second kappa shape index (κ2) is 7.41. The van der Waals surface area contributed by atoms with Gasteiger partial charge >= 0.3 is 0 Å². The van der Waals surface area contributed by atoms with Gasteiger partial charge in [-0.25, -0.2) is 0 Å². The normalized spacial score (nSPS) is 12.2. The van der Waals surface area contributed by atoms with Crippen LogP contribution in [-0.2, 0) is 0 Å². The number of nitrogens with one attached hydrogen (secondary N) is 1. The van der Waals surface area contributed by atoms with Crippen LogP contribution < -0.4 is 10.1 Å². The van der Waals surface area contributed by atoms with Crippen molar-refractivity contribution in [1.29, 1.82) is 0 Å². The summed E-state index contributed by atoms with van der Waals surface area (Å²) >= 11 is 14.3. The fraction of sp³-hybridized carbons (Fsp3) is 0.250. The van der Waals surface area contributed by atoms with Crippen LogP contribution in [0.5, 0.6) is 5.75 Å². The van der Waals surface area contributed by atoms with Gasteiger partial charge in [0, 0.05) is 16.0 Å². The van der Waals surface area contributed by atoms with E-state index in [-0.39, 0.29) is 6.04 Å². The van der Waals surface area contributed by atoms with E-state index in [0.29, 0.717) is 15.8 Å². The molecule has 0 aliphatic carbocycles. The molecule has 2 aromatic rings. The highest BCUT2D eigenvalue weighted by atomic mass is 35.5. The summed E-state index contributed by atoms with van der Waals surface area (Å²) in [6.07, 6.45) is 2.06. The molecule has 1 atom stereocenters. The van der Waals surface area contributed by atoms with Crippen LogP contribution in [0, 0.1) is 0 Å². The Morgan fingerprint density at radius 2 is 1.76 bits per heavy atom. The number of thioether (sulfide) groups is 1. The zero-order chi connectivity index (χ0) is 15.4. The minimum atomic E-state index is -0.0168. The first-order valence-corrected chi connectivity index (χ1v) is 8.43. The Morgan fingerprint density at radius 3 is 2.29 bits per heavy atom. The number of rotatable bonds is 5. The van der Waals surface area contributed by atoms with Crippen LogP contribution in [0.3, 0.4) is 0 Å². The fourth-order valence-corrected chi connectivity index (χ4v) is 3.14. The highest BCUT2D eigenvalue weighted by Gasteiger charge is 2.17. The van der Waals surface area contributed by atoms with E-state index in [1.807, 2.05) is 13.1 Å². The number of hydrogen-bond acceptors (Lipinski definition) is 3. The monoisotopic (exact) mass is 341 g/mol. The van der Waals surface area contributed by atoms with Crippen molar-refractivity contribution in [3.05, 3.63) is 57.6 Å². The third-order valence-electron chi connectivity index (χ3n) is 3.32. The summed E-state index contributed by atoms with van der Waals surface area (Å²) in [5.41, 5.74) is 2.07. The van der Waals surface area contributed by atoms with Crippen LogP contribution in [0.15, 0.2) is 41.3 Å². The molecule has 0 fully saturated rings. The first kappa shape index (κ1) is 16.5. The van der Waals surface area contributed by atoms with Crippen molar-refractivity contribution in [1.82, 2.24) is 5.32 Å². The zero-order valence-electron chi connectivity index (χ0n) is 12.1. The topological polar surface area (TPSA) is 21.3 Å². The number of ether oxygens (including phenoxy) is 1. The Kier molecular flexibility index (Phi) is 5.82. The molecule has 0 amide bonds. The van der Waals surface area contributed by atoms with Gasteiger partial charge in [-0.05, 0) is 42.6 Å². The maximum absolute atomic E-state index is 6.38. The maximum atomic E-state index is 6.38. The van der Waals surface area contributed by atoms with Crippen LogP contribution in [-0.4, -0.2) is 20.4 Å². The van der Waals surface area contributed by atoms with Crippen molar-refractivity contribution in [3.8, 4) is 5.75 Å². The van der Waals surface area contributed by atoms with Gasteiger partial charge in [-0.1, -0.05) is 35.3 Å². The number of methoxy groups -OCH3 is 1. The Bertz CT molecular complexity index is 616. The minimum Gasteiger partial charge on any atom is -0.495 e. The molecule has 1 N–H and O–H groups in total. The van der Waals surface area contributed by atoms with E-state index < -0.39 is 0 Å². The Hall–Kier alpha value is -0.870. The van der Waals surface area contributed by atoms with Gasteiger partial charge in [0.1, 0.15) is 5.75 Å². The summed E-state index contributed by atoms with van der Waals surface area (Å²) in [6, 6.07) is 12.0. The van der Waals surface area contributed by atoms with E-state index in [9.17, 15) is 0 Å². The molecule has 5 heteroatoms. The van der Waals surface area contributed by atoms with E-state index in [2.05, 4.69) is 35.8 Å². The molecule has 1 unspecified atom stereocenters. The van der Waals surface area contributed by atoms with Gasteiger partial charge in [-0.3, -0.25) is 0 Å². The predicted octanol–water partition coefficient (Wildman–Crippen LogP) is 5.03. The van der Waals surface area contributed by atoms with Crippen molar-refractivity contribution in [2.45, 2.75) is 10.9 Å². The second-order valence-corrected chi connectivity index (χ2v) is 6.20. The molecular weight excluding hydrogens is 325 g/mol. The van der Waals surface area contributed by atoms with Crippen LogP contribution in [0.1, 0.15) is 17.2 Å². The number of benzene rings is 2. The summed E-state index contributed by atoms with van der Waals surface area (Å²) in [5.74, 6) is 0.581. The molecule has 2 nitrogen and oxygen atoms in total. The van der Waals surface area contributed by atoms with Gasteiger partial charge in [-0.2, -0.15) is 0 Å². The minimum absolute atomic E-state index is 0.0168. The van der Waals surface area contributed by atoms with E-state index in [4.69, 9.17) is 27.9 Å². The molecule has 0 aliphatic rings. The quantitative estimate of drug-likeness (QED) is 0.770. The smallest absolute Gasteiger partial charge is 0.138 e. The SMILES string of the molecule is CNC(c1ccc(SC)cc1)c1cc(Cl)c(OC)cc1Cl. The molecule has 0 bridgehead atoms. The van der Waals surface area contributed by atoms with Gasteiger partial charge in [0.2, 0.25) is 0 Å². The van der Waals surface area contributed by atoms with Crippen LogP contribution in [0.2, 0.25) is 10.0 Å². The van der Waals surface area contributed by atoms with Crippen LogP contribution >= 0.6 is 35.0 Å². The first-order chi connectivity index (χ1) is 10.1. The molecule has 0 heterocycles. The molecule has 0 aliphatic heterocycles. The lowest BCUT2D eigenvalue weighted by Crippen LogP contribution is -2.18. The summed E-state index contributed by atoms with van der Waals surface area (Å²) in [5, 5.41) is 4.47. The fourth-order valence-electron chi connectivity index (χ4n) is 2.22. The van der Waals surface area contributed by atoms with Crippen molar-refractivity contribution < 1.29 is 4.74 Å². The van der Waals surface area contributed by atoms with Crippen LogP contribution in [0.25, 0.3) is 0 Å². The Morgan fingerprint density at radius 1 is 1.10 bits per heavy atom. The Labute approximate surface area is 139 Å². The molecule has 0 saturated carbocycles. The lowest BCUT2D eigenvalue weighted by molar-refractivity contribution is 0.415. The molecule has 0 saturated heterocycles. The summed E-state index contributed by atoms with van der Waals surface area (Å²) in [7, 11) is 3.48. The lowest BCUT2D eigenvalue weighted by Gasteiger charge is -2.20.